The summed E-state index contributed by atoms with van der Waals surface area (Å²) < 4.78 is 30.4. The molecule has 1 fully saturated rings. The Kier molecular flexibility index (Phi) is 5.67. The number of carbonyl (C=O) groups is 1. The Morgan fingerprint density at radius 1 is 1.04 bits per heavy atom. The predicted octanol–water partition coefficient (Wildman–Crippen LogP) is 4.26. The monoisotopic (exact) mass is 405 g/mol. The number of thioether (sulfide) groups is 1. The van der Waals surface area contributed by atoms with Crippen molar-refractivity contribution in [3.05, 3.63) is 52.7 Å². The summed E-state index contributed by atoms with van der Waals surface area (Å²) in [5.41, 5.74) is 0.742. The third-order valence-electron chi connectivity index (χ3n) is 3.91. The van der Waals surface area contributed by atoms with Gasteiger partial charge in [0.25, 0.3) is 5.91 Å². The van der Waals surface area contributed by atoms with E-state index in [0.29, 0.717) is 27.7 Å². The second-order valence-corrected chi connectivity index (χ2v) is 7.07. The molecule has 0 aliphatic carbocycles. The highest BCUT2D eigenvalue weighted by atomic mass is 32.2. The van der Waals surface area contributed by atoms with E-state index in [4.69, 9.17) is 26.4 Å². The Morgan fingerprint density at radius 3 is 2.37 bits per heavy atom. The lowest BCUT2D eigenvalue weighted by Crippen LogP contribution is -2.28. The Labute approximate surface area is 165 Å². The van der Waals surface area contributed by atoms with Crippen molar-refractivity contribution in [2.75, 3.05) is 26.2 Å². The number of methoxy groups -OCH3 is 3. The highest BCUT2D eigenvalue weighted by molar-refractivity contribution is 8.27. The Balaban J connectivity index is 2.03. The van der Waals surface area contributed by atoms with Crippen molar-refractivity contribution in [3.63, 3.8) is 0 Å². The van der Waals surface area contributed by atoms with Crippen LogP contribution < -0.4 is 19.1 Å². The first kappa shape index (κ1) is 19.2. The second kappa shape index (κ2) is 7.98. The van der Waals surface area contributed by atoms with Crippen LogP contribution in [0.3, 0.4) is 0 Å². The van der Waals surface area contributed by atoms with E-state index in [0.717, 1.165) is 11.8 Å². The molecule has 2 aromatic rings. The number of hydrogen-bond acceptors (Lipinski definition) is 6. The first-order valence-corrected chi connectivity index (χ1v) is 9.05. The quantitative estimate of drug-likeness (QED) is 0.547. The smallest absolute Gasteiger partial charge is 0.270 e. The van der Waals surface area contributed by atoms with Gasteiger partial charge in [-0.25, -0.2) is 4.39 Å². The minimum atomic E-state index is -0.515. The number of amides is 1. The van der Waals surface area contributed by atoms with Crippen LogP contribution in [-0.2, 0) is 4.79 Å². The van der Waals surface area contributed by atoms with E-state index in [2.05, 4.69) is 0 Å². The van der Waals surface area contributed by atoms with Gasteiger partial charge in [-0.05, 0) is 30.3 Å². The molecule has 1 aliphatic rings. The first-order valence-electron chi connectivity index (χ1n) is 7.83. The molecule has 0 aromatic heterocycles. The summed E-state index contributed by atoms with van der Waals surface area (Å²) in [7, 11) is 4.53. The first-order chi connectivity index (χ1) is 13.0. The third-order valence-corrected chi connectivity index (χ3v) is 5.21. The summed E-state index contributed by atoms with van der Waals surface area (Å²) in [6.45, 7) is 0. The number of benzene rings is 2. The van der Waals surface area contributed by atoms with Gasteiger partial charge in [-0.1, -0.05) is 36.1 Å². The molecule has 0 unspecified atom stereocenters. The van der Waals surface area contributed by atoms with E-state index in [9.17, 15) is 9.18 Å². The Morgan fingerprint density at radius 2 is 1.74 bits per heavy atom. The molecule has 1 saturated heterocycles. The zero-order chi connectivity index (χ0) is 19.6. The summed E-state index contributed by atoms with van der Waals surface area (Å²) in [6.07, 6.45) is 1.64. The largest absolute Gasteiger partial charge is 0.493 e. The minimum Gasteiger partial charge on any atom is -0.493 e. The van der Waals surface area contributed by atoms with Gasteiger partial charge in [-0.2, -0.15) is 0 Å². The molecule has 140 valence electrons. The molecule has 0 atom stereocenters. The van der Waals surface area contributed by atoms with Gasteiger partial charge >= 0.3 is 0 Å². The zero-order valence-corrected chi connectivity index (χ0v) is 16.4. The van der Waals surface area contributed by atoms with E-state index >= 15 is 0 Å². The normalized spacial score (nSPS) is 15.4. The number of nitrogens with zero attached hydrogens (tertiary/aromatic N) is 1. The maximum atomic E-state index is 14.1. The van der Waals surface area contributed by atoms with Crippen LogP contribution in [0.2, 0.25) is 0 Å². The molecule has 2 aromatic carbocycles. The number of rotatable bonds is 5. The number of halogens is 1. The lowest BCUT2D eigenvalue weighted by molar-refractivity contribution is -0.113. The van der Waals surface area contributed by atoms with E-state index in [1.807, 2.05) is 0 Å². The second-order valence-electron chi connectivity index (χ2n) is 5.39. The van der Waals surface area contributed by atoms with Gasteiger partial charge in [0.15, 0.2) is 15.8 Å². The van der Waals surface area contributed by atoms with E-state index < -0.39 is 11.7 Å². The maximum absolute atomic E-state index is 14.1. The van der Waals surface area contributed by atoms with Crippen molar-refractivity contribution in [1.29, 1.82) is 0 Å². The van der Waals surface area contributed by atoms with Crippen LogP contribution in [0.25, 0.3) is 6.08 Å². The average molecular weight is 405 g/mol. The van der Waals surface area contributed by atoms with E-state index in [1.165, 1.54) is 38.4 Å². The minimum absolute atomic E-state index is 0.127. The van der Waals surface area contributed by atoms with Crippen molar-refractivity contribution in [2.24, 2.45) is 0 Å². The molecule has 1 heterocycles. The van der Waals surface area contributed by atoms with Crippen LogP contribution in [0.5, 0.6) is 17.2 Å². The highest BCUT2D eigenvalue weighted by Crippen LogP contribution is 2.43. The summed E-state index contributed by atoms with van der Waals surface area (Å²) in [6, 6.07) is 9.47. The van der Waals surface area contributed by atoms with Gasteiger partial charge < -0.3 is 14.2 Å². The predicted molar refractivity (Wildman–Crippen MR) is 108 cm³/mol. The molecule has 0 N–H and O–H groups in total. The fourth-order valence-electron chi connectivity index (χ4n) is 2.69. The standard InChI is InChI=1S/C19H16FNO4S2/c1-23-14-9-8-11(16(24-2)17(14)25-3)10-15-18(22)21(19(26)27-15)13-7-5-4-6-12(13)20/h4-10H,1-3H3. The lowest BCUT2D eigenvalue weighted by Gasteiger charge is -2.15. The lowest BCUT2D eigenvalue weighted by atomic mass is 10.1. The van der Waals surface area contributed by atoms with Gasteiger partial charge in [0, 0.05) is 5.56 Å². The van der Waals surface area contributed by atoms with Gasteiger partial charge in [0.1, 0.15) is 5.82 Å². The summed E-state index contributed by atoms with van der Waals surface area (Å²) in [5.74, 6) is 0.433. The number of hydrogen-bond donors (Lipinski definition) is 0. The van der Waals surface area contributed by atoms with Crippen LogP contribution in [0.4, 0.5) is 10.1 Å². The van der Waals surface area contributed by atoms with Crippen LogP contribution >= 0.6 is 24.0 Å². The molecule has 3 rings (SSSR count). The van der Waals surface area contributed by atoms with Gasteiger partial charge in [-0.15, -0.1) is 0 Å². The molecular weight excluding hydrogens is 389 g/mol. The van der Waals surface area contributed by atoms with Crippen molar-refractivity contribution in [1.82, 2.24) is 0 Å². The fourth-order valence-corrected chi connectivity index (χ4v) is 3.96. The molecule has 5 nitrogen and oxygen atoms in total. The van der Waals surface area contributed by atoms with Crippen LogP contribution in [0.15, 0.2) is 41.3 Å². The number of thiocarbonyl (C=S) groups is 1. The molecule has 0 saturated carbocycles. The van der Waals surface area contributed by atoms with Gasteiger partial charge in [0.05, 0.1) is 31.9 Å². The van der Waals surface area contributed by atoms with Crippen LogP contribution in [-0.4, -0.2) is 31.6 Å². The van der Waals surface area contributed by atoms with Crippen molar-refractivity contribution in [2.45, 2.75) is 0 Å². The fraction of sp³-hybridized carbons (Fsp3) is 0.158. The van der Waals surface area contributed by atoms with Crippen molar-refractivity contribution < 1.29 is 23.4 Å². The molecule has 0 spiro atoms. The molecule has 8 heteroatoms. The molecule has 0 bridgehead atoms. The summed E-state index contributed by atoms with van der Waals surface area (Å²) in [4.78, 5) is 14.4. The Hall–Kier alpha value is -2.58. The summed E-state index contributed by atoms with van der Waals surface area (Å²) >= 11 is 6.38. The Bertz CT molecular complexity index is 945. The van der Waals surface area contributed by atoms with Gasteiger partial charge in [-0.3, -0.25) is 9.69 Å². The number of carbonyl (C=O) groups excluding carboxylic acids is 1. The maximum Gasteiger partial charge on any atom is 0.270 e. The SMILES string of the molecule is COc1ccc(C=C2SC(=S)N(c3ccccc3F)C2=O)c(OC)c1OC. The third kappa shape index (κ3) is 3.50. The van der Waals surface area contributed by atoms with Crippen molar-refractivity contribution >= 4 is 46.0 Å². The van der Waals surface area contributed by atoms with E-state index in [1.54, 1.807) is 30.3 Å². The van der Waals surface area contributed by atoms with Crippen molar-refractivity contribution in [3.8, 4) is 17.2 Å². The van der Waals surface area contributed by atoms with Crippen LogP contribution in [0, 0.1) is 5.82 Å². The van der Waals surface area contributed by atoms with E-state index in [-0.39, 0.29) is 10.0 Å². The van der Waals surface area contributed by atoms with Gasteiger partial charge in [0.2, 0.25) is 5.75 Å². The highest BCUT2D eigenvalue weighted by Gasteiger charge is 2.35. The molecule has 27 heavy (non-hydrogen) atoms. The average Bonchev–Trinajstić information content (AvgIpc) is 2.95. The topological polar surface area (TPSA) is 48.0 Å². The molecule has 0 radical (unpaired) electrons. The number of para-hydroxylation sites is 1. The molecule has 1 amide bonds. The summed E-state index contributed by atoms with van der Waals surface area (Å²) in [5, 5.41) is 0. The van der Waals surface area contributed by atoms with Crippen LogP contribution in [0.1, 0.15) is 5.56 Å². The number of anilines is 1. The molecule has 1 aliphatic heterocycles. The number of ether oxygens (including phenoxy) is 3. The molecular formula is C19H16FNO4S2. The zero-order valence-electron chi connectivity index (χ0n) is 14.8.